The molecule has 1 aromatic carbocycles. The number of hydrogen-bond donors (Lipinski definition) is 0. The number of nitrogens with zero attached hydrogens (tertiary/aromatic N) is 2. The average Bonchev–Trinajstić information content (AvgIpc) is 2.67. The lowest BCUT2D eigenvalue weighted by Crippen LogP contribution is -1.90. The Morgan fingerprint density at radius 2 is 2.06 bits per heavy atom. The molecular formula is C12H13ClN2O. The third-order valence-corrected chi connectivity index (χ3v) is 2.89. The second kappa shape index (κ2) is 4.26. The maximum absolute atomic E-state index is 6.17. The summed E-state index contributed by atoms with van der Waals surface area (Å²) < 4.78 is 4.97. The zero-order valence-corrected chi connectivity index (χ0v) is 10.3. The van der Waals surface area contributed by atoms with Gasteiger partial charge in [0.25, 0.3) is 0 Å². The molecule has 0 spiro atoms. The van der Waals surface area contributed by atoms with Crippen LogP contribution in [0.25, 0.3) is 11.4 Å². The molecule has 0 saturated heterocycles. The Morgan fingerprint density at radius 1 is 1.31 bits per heavy atom. The molecule has 3 nitrogen and oxygen atoms in total. The van der Waals surface area contributed by atoms with Crippen molar-refractivity contribution in [3.05, 3.63) is 34.2 Å². The fourth-order valence-corrected chi connectivity index (χ4v) is 1.96. The summed E-state index contributed by atoms with van der Waals surface area (Å²) in [4.78, 5) is 4.20. The summed E-state index contributed by atoms with van der Waals surface area (Å²) in [5.74, 6) is 1.16. The molecule has 0 unspecified atom stereocenters. The van der Waals surface area contributed by atoms with Gasteiger partial charge in [-0.1, -0.05) is 29.7 Å². The molecule has 16 heavy (non-hydrogen) atoms. The zero-order chi connectivity index (χ0) is 11.7. The molecule has 0 aliphatic heterocycles. The van der Waals surface area contributed by atoms with E-state index in [2.05, 4.69) is 23.1 Å². The van der Waals surface area contributed by atoms with Crippen molar-refractivity contribution in [2.45, 2.75) is 27.2 Å². The molecule has 0 atom stereocenters. The zero-order valence-electron chi connectivity index (χ0n) is 9.54. The van der Waals surface area contributed by atoms with Crippen LogP contribution in [-0.4, -0.2) is 10.1 Å². The van der Waals surface area contributed by atoms with E-state index in [9.17, 15) is 0 Å². The van der Waals surface area contributed by atoms with Gasteiger partial charge in [-0.15, -0.1) is 0 Å². The van der Waals surface area contributed by atoms with Gasteiger partial charge in [0.05, 0.1) is 0 Å². The molecule has 0 radical (unpaired) electrons. The predicted molar refractivity (Wildman–Crippen MR) is 63.6 cm³/mol. The fourth-order valence-electron chi connectivity index (χ4n) is 1.66. The molecule has 2 aromatic rings. The third kappa shape index (κ3) is 1.95. The molecule has 1 aromatic heterocycles. The van der Waals surface area contributed by atoms with E-state index in [1.54, 1.807) is 6.92 Å². The summed E-state index contributed by atoms with van der Waals surface area (Å²) in [6.45, 7) is 5.88. The van der Waals surface area contributed by atoms with Crippen LogP contribution in [0.5, 0.6) is 0 Å². The van der Waals surface area contributed by atoms with E-state index in [1.807, 2.05) is 13.0 Å². The van der Waals surface area contributed by atoms with Gasteiger partial charge in [0.1, 0.15) is 0 Å². The van der Waals surface area contributed by atoms with Gasteiger partial charge in [0, 0.05) is 17.5 Å². The molecule has 0 aliphatic rings. The number of rotatable bonds is 2. The van der Waals surface area contributed by atoms with Crippen LogP contribution in [0.1, 0.15) is 23.9 Å². The van der Waals surface area contributed by atoms with E-state index < -0.39 is 0 Å². The lowest BCUT2D eigenvalue weighted by atomic mass is 10.0. The summed E-state index contributed by atoms with van der Waals surface area (Å²) in [7, 11) is 0. The van der Waals surface area contributed by atoms with Gasteiger partial charge in [-0.05, 0) is 30.5 Å². The normalized spacial score (nSPS) is 10.8. The van der Waals surface area contributed by atoms with Gasteiger partial charge in [-0.3, -0.25) is 0 Å². The van der Waals surface area contributed by atoms with Crippen LogP contribution in [0.2, 0.25) is 5.02 Å². The Labute approximate surface area is 99.4 Å². The summed E-state index contributed by atoms with van der Waals surface area (Å²) >= 11 is 6.17. The molecular weight excluding hydrogens is 224 g/mol. The molecule has 1 heterocycles. The van der Waals surface area contributed by atoms with Crippen LogP contribution in [0.3, 0.4) is 0 Å². The smallest absolute Gasteiger partial charge is 0.223 e. The van der Waals surface area contributed by atoms with Crippen LogP contribution in [-0.2, 0) is 6.42 Å². The lowest BCUT2D eigenvalue weighted by Gasteiger charge is -2.06. The quantitative estimate of drug-likeness (QED) is 0.800. The average molecular weight is 237 g/mol. The lowest BCUT2D eigenvalue weighted by molar-refractivity contribution is 0.394. The van der Waals surface area contributed by atoms with E-state index in [1.165, 1.54) is 0 Å². The molecule has 84 valence electrons. The van der Waals surface area contributed by atoms with E-state index >= 15 is 0 Å². The van der Waals surface area contributed by atoms with Crippen molar-refractivity contribution in [1.29, 1.82) is 0 Å². The highest BCUT2D eigenvalue weighted by Crippen LogP contribution is 2.27. The minimum atomic E-state index is 0.560. The monoisotopic (exact) mass is 236 g/mol. The SMILES string of the molecule is CCc1cc(C)c(-c2noc(C)n2)cc1Cl. The number of aromatic nitrogens is 2. The van der Waals surface area contributed by atoms with Gasteiger partial charge in [0.15, 0.2) is 0 Å². The van der Waals surface area contributed by atoms with Crippen molar-refractivity contribution in [3.63, 3.8) is 0 Å². The van der Waals surface area contributed by atoms with E-state index in [4.69, 9.17) is 16.1 Å². The van der Waals surface area contributed by atoms with Gasteiger partial charge >= 0.3 is 0 Å². The highest BCUT2D eigenvalue weighted by Gasteiger charge is 2.11. The number of halogens is 1. The highest BCUT2D eigenvalue weighted by atomic mass is 35.5. The standard InChI is InChI=1S/C12H13ClN2O/c1-4-9-5-7(2)10(6-11(9)13)12-14-8(3)16-15-12/h5-6H,4H2,1-3H3. The Hall–Kier alpha value is -1.35. The first-order valence-electron chi connectivity index (χ1n) is 5.21. The predicted octanol–water partition coefficient (Wildman–Crippen LogP) is 3.57. The first kappa shape index (κ1) is 11.1. The number of benzene rings is 1. The maximum Gasteiger partial charge on any atom is 0.223 e. The number of hydrogen-bond acceptors (Lipinski definition) is 3. The van der Waals surface area contributed by atoms with Crippen molar-refractivity contribution in [2.75, 3.05) is 0 Å². The third-order valence-electron chi connectivity index (χ3n) is 2.54. The van der Waals surface area contributed by atoms with Crippen LogP contribution in [0.4, 0.5) is 0 Å². The van der Waals surface area contributed by atoms with E-state index in [0.29, 0.717) is 11.7 Å². The van der Waals surface area contributed by atoms with Gasteiger partial charge < -0.3 is 4.52 Å². The molecule has 0 N–H and O–H groups in total. The van der Waals surface area contributed by atoms with Gasteiger partial charge in [-0.2, -0.15) is 4.98 Å². The second-order valence-electron chi connectivity index (χ2n) is 3.75. The largest absolute Gasteiger partial charge is 0.339 e. The van der Waals surface area contributed by atoms with Gasteiger partial charge in [-0.25, -0.2) is 0 Å². The second-order valence-corrected chi connectivity index (χ2v) is 4.16. The van der Waals surface area contributed by atoms with E-state index in [0.717, 1.165) is 28.1 Å². The minimum Gasteiger partial charge on any atom is -0.339 e. The first-order chi connectivity index (χ1) is 7.61. The first-order valence-corrected chi connectivity index (χ1v) is 5.59. The molecule has 0 saturated carbocycles. The topological polar surface area (TPSA) is 38.9 Å². The molecule has 0 amide bonds. The summed E-state index contributed by atoms with van der Waals surface area (Å²) in [6, 6.07) is 3.98. The van der Waals surface area contributed by atoms with Crippen LogP contribution in [0, 0.1) is 13.8 Å². The molecule has 4 heteroatoms. The molecule has 2 rings (SSSR count). The summed E-state index contributed by atoms with van der Waals surface area (Å²) in [5.41, 5.74) is 3.18. The van der Waals surface area contributed by atoms with Crippen molar-refractivity contribution in [1.82, 2.24) is 10.1 Å². The van der Waals surface area contributed by atoms with Crippen LogP contribution in [0.15, 0.2) is 16.7 Å². The molecule has 0 aliphatic carbocycles. The van der Waals surface area contributed by atoms with Crippen molar-refractivity contribution < 1.29 is 4.52 Å². The van der Waals surface area contributed by atoms with Crippen molar-refractivity contribution in [3.8, 4) is 11.4 Å². The Morgan fingerprint density at radius 3 is 2.62 bits per heavy atom. The van der Waals surface area contributed by atoms with Gasteiger partial charge in [0.2, 0.25) is 11.7 Å². The van der Waals surface area contributed by atoms with Crippen LogP contribution < -0.4 is 0 Å². The fraction of sp³-hybridized carbons (Fsp3) is 0.333. The highest BCUT2D eigenvalue weighted by molar-refractivity contribution is 6.31. The van der Waals surface area contributed by atoms with E-state index in [-0.39, 0.29) is 0 Å². The Balaban J connectivity index is 2.54. The summed E-state index contributed by atoms with van der Waals surface area (Å²) in [5, 5.41) is 4.65. The van der Waals surface area contributed by atoms with Crippen LogP contribution >= 0.6 is 11.6 Å². The van der Waals surface area contributed by atoms with Crippen molar-refractivity contribution >= 4 is 11.6 Å². The van der Waals surface area contributed by atoms with Crippen molar-refractivity contribution in [2.24, 2.45) is 0 Å². The Bertz CT molecular complexity index is 520. The number of aryl methyl sites for hydroxylation is 3. The molecule has 0 fully saturated rings. The molecule has 0 bridgehead atoms. The minimum absolute atomic E-state index is 0.560. The maximum atomic E-state index is 6.17. The summed E-state index contributed by atoms with van der Waals surface area (Å²) in [6.07, 6.45) is 0.922. The Kier molecular flexibility index (Phi) is 2.97.